The smallest absolute Gasteiger partial charge is 0.0353 e. The van der Waals surface area contributed by atoms with Gasteiger partial charge in [-0.3, -0.25) is 4.98 Å². The molecule has 186 valence electrons. The SMILES string of the molecule is c1ccc(-c2ccc3ccccc3c2-c2c3ccccc3c(-c3ccc4ccccc4c3)c3ccncc23)cc1. The summed E-state index contributed by atoms with van der Waals surface area (Å²) in [5.74, 6) is 0. The third-order valence-corrected chi connectivity index (χ3v) is 8.13. The fourth-order valence-electron chi connectivity index (χ4n) is 6.35. The molecular weight excluding hydrogens is 482 g/mol. The molecule has 0 saturated heterocycles. The van der Waals surface area contributed by atoms with Gasteiger partial charge in [0.25, 0.3) is 0 Å². The van der Waals surface area contributed by atoms with E-state index >= 15 is 0 Å². The molecule has 0 unspecified atom stereocenters. The normalized spacial score (nSPS) is 11.5. The Morgan fingerprint density at radius 1 is 0.350 bits per heavy atom. The molecule has 0 bridgehead atoms. The predicted molar refractivity (Wildman–Crippen MR) is 171 cm³/mol. The Hall–Kier alpha value is -5.27. The Balaban J connectivity index is 1.56. The first kappa shape index (κ1) is 22.7. The second-order valence-electron chi connectivity index (χ2n) is 10.4. The number of hydrogen-bond acceptors (Lipinski definition) is 1. The van der Waals surface area contributed by atoms with Crippen LogP contribution in [0.15, 0.2) is 152 Å². The van der Waals surface area contributed by atoms with Gasteiger partial charge in [0, 0.05) is 23.3 Å². The maximum Gasteiger partial charge on any atom is 0.0353 e. The number of rotatable bonds is 3. The highest BCUT2D eigenvalue weighted by Gasteiger charge is 2.21. The van der Waals surface area contributed by atoms with Gasteiger partial charge in [0.05, 0.1) is 0 Å². The van der Waals surface area contributed by atoms with Crippen molar-refractivity contribution in [3.05, 3.63) is 152 Å². The number of hydrogen-bond donors (Lipinski definition) is 0. The van der Waals surface area contributed by atoms with E-state index in [1.54, 1.807) is 0 Å². The van der Waals surface area contributed by atoms with Gasteiger partial charge < -0.3 is 0 Å². The van der Waals surface area contributed by atoms with Crippen LogP contribution in [0.4, 0.5) is 0 Å². The summed E-state index contributed by atoms with van der Waals surface area (Å²) in [6.45, 7) is 0. The molecule has 8 rings (SSSR count). The molecule has 0 amide bonds. The van der Waals surface area contributed by atoms with Crippen LogP contribution in [0, 0.1) is 0 Å². The van der Waals surface area contributed by atoms with E-state index in [2.05, 4.69) is 151 Å². The van der Waals surface area contributed by atoms with E-state index in [1.165, 1.54) is 71.1 Å². The average molecular weight is 508 g/mol. The molecule has 0 radical (unpaired) electrons. The van der Waals surface area contributed by atoms with Crippen LogP contribution in [0.3, 0.4) is 0 Å². The van der Waals surface area contributed by atoms with Crippen LogP contribution in [0.5, 0.6) is 0 Å². The lowest BCUT2D eigenvalue weighted by Gasteiger charge is -2.21. The first-order valence-electron chi connectivity index (χ1n) is 13.7. The van der Waals surface area contributed by atoms with Crippen molar-refractivity contribution in [1.29, 1.82) is 0 Å². The summed E-state index contributed by atoms with van der Waals surface area (Å²) in [4.78, 5) is 4.67. The first-order valence-corrected chi connectivity index (χ1v) is 13.7. The van der Waals surface area contributed by atoms with Crippen LogP contribution >= 0.6 is 0 Å². The highest BCUT2D eigenvalue weighted by Crippen LogP contribution is 2.48. The number of pyridine rings is 1. The van der Waals surface area contributed by atoms with Crippen molar-refractivity contribution < 1.29 is 0 Å². The zero-order chi connectivity index (χ0) is 26.5. The number of aromatic nitrogens is 1. The molecule has 8 aromatic rings. The predicted octanol–water partition coefficient (Wildman–Crippen LogP) is 10.7. The summed E-state index contributed by atoms with van der Waals surface area (Å²) in [6.07, 6.45) is 3.98. The summed E-state index contributed by atoms with van der Waals surface area (Å²) in [6, 6.07) is 50.4. The lowest BCUT2D eigenvalue weighted by atomic mass is 9.82. The molecule has 0 saturated carbocycles. The van der Waals surface area contributed by atoms with Gasteiger partial charge in [-0.05, 0) is 77.7 Å². The molecule has 40 heavy (non-hydrogen) atoms. The number of benzene rings is 7. The molecule has 1 aromatic heterocycles. The monoisotopic (exact) mass is 507 g/mol. The topological polar surface area (TPSA) is 12.9 Å². The zero-order valence-corrected chi connectivity index (χ0v) is 21.9. The van der Waals surface area contributed by atoms with Crippen LogP contribution in [-0.2, 0) is 0 Å². The van der Waals surface area contributed by atoms with Gasteiger partial charge in [0.2, 0.25) is 0 Å². The van der Waals surface area contributed by atoms with E-state index in [0.717, 1.165) is 5.39 Å². The maximum atomic E-state index is 4.67. The Morgan fingerprint density at radius 3 is 1.80 bits per heavy atom. The Labute approximate surface area is 233 Å². The summed E-state index contributed by atoms with van der Waals surface area (Å²) in [5, 5.41) is 9.84. The van der Waals surface area contributed by atoms with Crippen LogP contribution < -0.4 is 0 Å². The largest absolute Gasteiger partial charge is 0.264 e. The Morgan fingerprint density at radius 2 is 0.975 bits per heavy atom. The standard InChI is InChI=1S/C39H25N/c1-2-11-27(12-3-1)32-21-20-28-13-6-7-15-31(28)38(32)39-34-17-9-8-16-33(34)37(35-22-23-40-25-36(35)39)30-19-18-26-10-4-5-14-29(26)24-30/h1-25H. The highest BCUT2D eigenvalue weighted by atomic mass is 14.6. The fourth-order valence-corrected chi connectivity index (χ4v) is 6.35. The average Bonchev–Trinajstić information content (AvgIpc) is 3.03. The second-order valence-corrected chi connectivity index (χ2v) is 10.4. The number of nitrogens with zero attached hydrogens (tertiary/aromatic N) is 1. The third kappa shape index (κ3) is 3.52. The molecule has 0 atom stereocenters. The number of fused-ring (bicyclic) bond motifs is 4. The van der Waals surface area contributed by atoms with Crippen molar-refractivity contribution in [2.24, 2.45) is 0 Å². The van der Waals surface area contributed by atoms with Gasteiger partial charge in [0.1, 0.15) is 0 Å². The Bertz CT molecular complexity index is 2150. The van der Waals surface area contributed by atoms with Gasteiger partial charge >= 0.3 is 0 Å². The quantitative estimate of drug-likeness (QED) is 0.217. The minimum absolute atomic E-state index is 1.16. The van der Waals surface area contributed by atoms with Crippen LogP contribution in [0.1, 0.15) is 0 Å². The third-order valence-electron chi connectivity index (χ3n) is 8.13. The molecule has 1 heterocycles. The molecule has 1 heteroatoms. The molecule has 1 nitrogen and oxygen atoms in total. The first-order chi connectivity index (χ1) is 19.9. The summed E-state index contributed by atoms with van der Waals surface area (Å²) >= 11 is 0. The van der Waals surface area contributed by atoms with Crippen molar-refractivity contribution in [2.45, 2.75) is 0 Å². The minimum Gasteiger partial charge on any atom is -0.264 e. The molecule has 0 aliphatic carbocycles. The summed E-state index contributed by atoms with van der Waals surface area (Å²) in [5.41, 5.74) is 7.40. The van der Waals surface area contributed by atoms with Crippen LogP contribution in [0.25, 0.3) is 76.5 Å². The lowest BCUT2D eigenvalue weighted by Crippen LogP contribution is -1.94. The van der Waals surface area contributed by atoms with Gasteiger partial charge in [0.15, 0.2) is 0 Å². The summed E-state index contributed by atoms with van der Waals surface area (Å²) < 4.78 is 0. The molecule has 0 aliphatic rings. The van der Waals surface area contributed by atoms with E-state index < -0.39 is 0 Å². The van der Waals surface area contributed by atoms with Crippen LogP contribution in [0.2, 0.25) is 0 Å². The van der Waals surface area contributed by atoms with Gasteiger partial charge in [-0.25, -0.2) is 0 Å². The molecule has 0 fully saturated rings. The zero-order valence-electron chi connectivity index (χ0n) is 21.9. The van der Waals surface area contributed by atoms with Crippen molar-refractivity contribution in [3.8, 4) is 33.4 Å². The van der Waals surface area contributed by atoms with Gasteiger partial charge in [-0.2, -0.15) is 0 Å². The second kappa shape index (κ2) is 9.18. The van der Waals surface area contributed by atoms with Crippen LogP contribution in [-0.4, -0.2) is 4.98 Å². The lowest BCUT2D eigenvalue weighted by molar-refractivity contribution is 1.37. The maximum absolute atomic E-state index is 4.67. The van der Waals surface area contributed by atoms with Crippen molar-refractivity contribution >= 4 is 43.1 Å². The van der Waals surface area contributed by atoms with Gasteiger partial charge in [-0.1, -0.05) is 127 Å². The minimum atomic E-state index is 1.16. The van der Waals surface area contributed by atoms with Crippen molar-refractivity contribution in [3.63, 3.8) is 0 Å². The van der Waals surface area contributed by atoms with Crippen molar-refractivity contribution in [1.82, 2.24) is 4.98 Å². The molecule has 0 N–H and O–H groups in total. The molecular formula is C39H25N. The van der Waals surface area contributed by atoms with E-state index in [9.17, 15) is 0 Å². The molecule has 7 aromatic carbocycles. The van der Waals surface area contributed by atoms with E-state index in [-0.39, 0.29) is 0 Å². The highest BCUT2D eigenvalue weighted by molar-refractivity contribution is 6.25. The van der Waals surface area contributed by atoms with Gasteiger partial charge in [-0.15, -0.1) is 0 Å². The van der Waals surface area contributed by atoms with E-state index in [0.29, 0.717) is 0 Å². The fraction of sp³-hybridized carbons (Fsp3) is 0. The van der Waals surface area contributed by atoms with Crippen molar-refractivity contribution in [2.75, 3.05) is 0 Å². The van der Waals surface area contributed by atoms with E-state index in [4.69, 9.17) is 0 Å². The summed E-state index contributed by atoms with van der Waals surface area (Å²) in [7, 11) is 0. The van der Waals surface area contributed by atoms with E-state index in [1.807, 2.05) is 6.20 Å². The Kier molecular flexibility index (Phi) is 5.21. The molecule has 0 spiro atoms. The molecule has 0 aliphatic heterocycles.